The highest BCUT2D eigenvalue weighted by Crippen LogP contribution is 2.17. The third-order valence-electron chi connectivity index (χ3n) is 2.39. The Bertz CT molecular complexity index is 474. The first-order valence-electron chi connectivity index (χ1n) is 5.58. The first-order valence-corrected chi connectivity index (χ1v) is 6.21. The number of thiol groups is 1. The van der Waals surface area contributed by atoms with Gasteiger partial charge in [-0.1, -0.05) is 42.5 Å². The van der Waals surface area contributed by atoms with E-state index >= 15 is 0 Å². The highest BCUT2D eigenvalue weighted by atomic mass is 32.1. The number of hydrogen-bond donors (Lipinski definition) is 2. The normalized spacial score (nSPS) is 10.6. The van der Waals surface area contributed by atoms with Crippen LogP contribution in [0.15, 0.2) is 60.7 Å². The molecule has 2 aromatic rings. The molecule has 0 atom stereocenters. The van der Waals surface area contributed by atoms with Gasteiger partial charge < -0.3 is 5.32 Å². The number of benzene rings is 2. The molecule has 0 bridgehead atoms. The fraction of sp³-hybridized carbons (Fsp3) is 0.0667. The predicted octanol–water partition coefficient (Wildman–Crippen LogP) is 4.37. The van der Waals surface area contributed by atoms with Gasteiger partial charge in [0.2, 0.25) is 0 Å². The van der Waals surface area contributed by atoms with E-state index in [4.69, 9.17) is 0 Å². The maximum atomic E-state index is 4.14. The van der Waals surface area contributed by atoms with Gasteiger partial charge >= 0.3 is 0 Å². The van der Waals surface area contributed by atoms with Crippen LogP contribution in [0.2, 0.25) is 0 Å². The lowest BCUT2D eigenvalue weighted by Gasteiger charge is -2.06. The molecule has 86 valence electrons. The Balaban J connectivity index is 2.06. The van der Waals surface area contributed by atoms with E-state index in [0.717, 1.165) is 17.1 Å². The van der Waals surface area contributed by atoms with Crippen LogP contribution in [0.1, 0.15) is 5.56 Å². The van der Waals surface area contributed by atoms with E-state index in [1.54, 1.807) is 0 Å². The summed E-state index contributed by atoms with van der Waals surface area (Å²) in [5.41, 5.74) is 3.39. The topological polar surface area (TPSA) is 12.0 Å². The molecule has 0 saturated carbocycles. The summed E-state index contributed by atoms with van der Waals surface area (Å²) in [5, 5.41) is 3.35. The first-order chi connectivity index (χ1) is 8.38. The maximum absolute atomic E-state index is 4.14. The zero-order chi connectivity index (χ0) is 11.9. The summed E-state index contributed by atoms with van der Waals surface area (Å²) in [4.78, 5) is 0. The molecular weight excluding hydrogens is 226 g/mol. The monoisotopic (exact) mass is 241 g/mol. The smallest absolute Gasteiger partial charge is 0.0384 e. The number of hydrogen-bond acceptors (Lipinski definition) is 2. The molecule has 2 heteroatoms. The Morgan fingerprint density at radius 2 is 1.53 bits per heavy atom. The zero-order valence-corrected chi connectivity index (χ0v) is 10.4. The largest absolute Gasteiger partial charge is 0.356 e. The van der Waals surface area contributed by atoms with E-state index in [2.05, 4.69) is 60.4 Å². The lowest BCUT2D eigenvalue weighted by Crippen LogP contribution is -1.89. The van der Waals surface area contributed by atoms with Gasteiger partial charge in [-0.25, -0.2) is 0 Å². The molecule has 2 aromatic carbocycles. The fourth-order valence-corrected chi connectivity index (χ4v) is 1.66. The van der Waals surface area contributed by atoms with Crippen molar-refractivity contribution in [1.29, 1.82) is 0 Å². The van der Waals surface area contributed by atoms with Crippen LogP contribution in [0, 0.1) is 0 Å². The molecule has 0 aliphatic rings. The quantitative estimate of drug-likeness (QED) is 0.757. The minimum Gasteiger partial charge on any atom is -0.356 e. The van der Waals surface area contributed by atoms with Crippen molar-refractivity contribution in [3.63, 3.8) is 0 Å². The predicted molar refractivity (Wildman–Crippen MR) is 79.1 cm³/mol. The molecule has 0 fully saturated rings. The van der Waals surface area contributed by atoms with Crippen molar-refractivity contribution in [1.82, 2.24) is 0 Å². The second kappa shape index (κ2) is 6.16. The lowest BCUT2D eigenvalue weighted by atomic mass is 10.2. The third-order valence-corrected chi connectivity index (χ3v) is 2.60. The Morgan fingerprint density at radius 3 is 2.18 bits per heavy atom. The molecule has 0 unspecified atom stereocenters. The first kappa shape index (κ1) is 11.8. The van der Waals surface area contributed by atoms with Crippen molar-refractivity contribution in [3.05, 3.63) is 66.2 Å². The van der Waals surface area contributed by atoms with Crippen molar-refractivity contribution in [2.24, 2.45) is 0 Å². The SMILES string of the molecule is SCC=Cc1ccc(Nc2ccccc2)cc1. The molecule has 2 rings (SSSR count). The number of para-hydroxylation sites is 1. The standard InChI is InChI=1S/C15H15NS/c17-12-4-5-13-8-10-15(11-9-13)16-14-6-2-1-3-7-14/h1-11,16-17H,12H2. The van der Waals surface area contributed by atoms with Gasteiger partial charge in [0.05, 0.1) is 0 Å². The minimum atomic E-state index is 0.768. The Kier molecular flexibility index (Phi) is 4.28. The minimum absolute atomic E-state index is 0.768. The molecule has 1 N–H and O–H groups in total. The molecule has 0 spiro atoms. The second-order valence-electron chi connectivity index (χ2n) is 3.70. The van der Waals surface area contributed by atoms with E-state index in [0.29, 0.717) is 0 Å². The average molecular weight is 241 g/mol. The van der Waals surface area contributed by atoms with Gasteiger partial charge in [0.1, 0.15) is 0 Å². The summed E-state index contributed by atoms with van der Waals surface area (Å²) < 4.78 is 0. The Labute approximate surface area is 108 Å². The summed E-state index contributed by atoms with van der Waals surface area (Å²) in [6, 6.07) is 18.5. The summed E-state index contributed by atoms with van der Waals surface area (Å²) in [7, 11) is 0. The Morgan fingerprint density at radius 1 is 0.882 bits per heavy atom. The molecule has 1 nitrogen and oxygen atoms in total. The average Bonchev–Trinajstić information content (AvgIpc) is 2.39. The molecule has 0 aromatic heterocycles. The van der Waals surface area contributed by atoms with Crippen molar-refractivity contribution in [3.8, 4) is 0 Å². The van der Waals surface area contributed by atoms with Crippen LogP contribution in [0.3, 0.4) is 0 Å². The lowest BCUT2D eigenvalue weighted by molar-refractivity contribution is 1.54. The van der Waals surface area contributed by atoms with E-state index in [-0.39, 0.29) is 0 Å². The van der Waals surface area contributed by atoms with Gasteiger partial charge in [-0.2, -0.15) is 12.6 Å². The van der Waals surface area contributed by atoms with Crippen LogP contribution in [-0.4, -0.2) is 5.75 Å². The van der Waals surface area contributed by atoms with Crippen LogP contribution in [-0.2, 0) is 0 Å². The second-order valence-corrected chi connectivity index (χ2v) is 4.06. The van der Waals surface area contributed by atoms with Crippen molar-refractivity contribution < 1.29 is 0 Å². The van der Waals surface area contributed by atoms with E-state index in [1.807, 2.05) is 24.3 Å². The van der Waals surface area contributed by atoms with Crippen LogP contribution in [0.5, 0.6) is 0 Å². The van der Waals surface area contributed by atoms with Crippen molar-refractivity contribution in [2.75, 3.05) is 11.1 Å². The number of nitrogens with one attached hydrogen (secondary N) is 1. The summed E-state index contributed by atoms with van der Waals surface area (Å²) in [6.07, 6.45) is 4.10. The van der Waals surface area contributed by atoms with Gasteiger partial charge in [0.25, 0.3) is 0 Å². The highest BCUT2D eigenvalue weighted by Gasteiger charge is 1.93. The van der Waals surface area contributed by atoms with Crippen molar-refractivity contribution >= 4 is 30.1 Å². The molecule has 0 aliphatic carbocycles. The van der Waals surface area contributed by atoms with Gasteiger partial charge in [-0.3, -0.25) is 0 Å². The van der Waals surface area contributed by atoms with Gasteiger partial charge in [0.15, 0.2) is 0 Å². The molecule has 0 amide bonds. The Hall–Kier alpha value is -1.67. The molecule has 0 radical (unpaired) electrons. The fourth-order valence-electron chi connectivity index (χ4n) is 1.55. The summed E-state index contributed by atoms with van der Waals surface area (Å²) in [6.45, 7) is 0. The summed E-state index contributed by atoms with van der Waals surface area (Å²) >= 11 is 4.14. The molecule has 0 heterocycles. The van der Waals surface area contributed by atoms with Crippen LogP contribution in [0.4, 0.5) is 11.4 Å². The molecule has 17 heavy (non-hydrogen) atoms. The van der Waals surface area contributed by atoms with Gasteiger partial charge in [-0.15, -0.1) is 0 Å². The third kappa shape index (κ3) is 3.68. The molecular formula is C15H15NS. The van der Waals surface area contributed by atoms with E-state index in [9.17, 15) is 0 Å². The molecule has 0 saturated heterocycles. The van der Waals surface area contributed by atoms with Crippen LogP contribution in [0.25, 0.3) is 6.08 Å². The summed E-state index contributed by atoms with van der Waals surface area (Å²) in [5.74, 6) is 0.768. The van der Waals surface area contributed by atoms with Crippen LogP contribution < -0.4 is 5.32 Å². The number of rotatable bonds is 4. The van der Waals surface area contributed by atoms with Crippen LogP contribution >= 0.6 is 12.6 Å². The maximum Gasteiger partial charge on any atom is 0.0384 e. The molecule has 0 aliphatic heterocycles. The van der Waals surface area contributed by atoms with E-state index < -0.39 is 0 Å². The van der Waals surface area contributed by atoms with Crippen molar-refractivity contribution in [2.45, 2.75) is 0 Å². The number of anilines is 2. The van der Waals surface area contributed by atoms with Gasteiger partial charge in [0, 0.05) is 17.1 Å². The van der Waals surface area contributed by atoms with Gasteiger partial charge in [-0.05, 0) is 29.8 Å². The zero-order valence-electron chi connectivity index (χ0n) is 9.51. The van der Waals surface area contributed by atoms with E-state index in [1.165, 1.54) is 5.56 Å². The highest BCUT2D eigenvalue weighted by molar-refractivity contribution is 7.80.